The van der Waals surface area contributed by atoms with E-state index in [-0.39, 0.29) is 63.6 Å². The van der Waals surface area contributed by atoms with Crippen molar-refractivity contribution in [2.45, 2.75) is 107 Å². The first-order valence-corrected chi connectivity index (χ1v) is 21.3. The minimum absolute atomic E-state index is 0.0311. The second kappa shape index (κ2) is 18.5. The van der Waals surface area contributed by atoms with Gasteiger partial charge in [-0.2, -0.15) is 5.26 Å². The lowest BCUT2D eigenvalue weighted by Gasteiger charge is -2.44. The van der Waals surface area contributed by atoms with Crippen LogP contribution in [-0.4, -0.2) is 76.3 Å². The predicted octanol–water partition coefficient (Wildman–Crippen LogP) is 7.84. The molecule has 2 aliphatic heterocycles. The first-order chi connectivity index (χ1) is 28.5. The summed E-state index contributed by atoms with van der Waals surface area (Å²) in [6.45, 7) is 6.15. The Balaban J connectivity index is 0.948. The first-order valence-electron chi connectivity index (χ1n) is 20.4. The smallest absolute Gasteiger partial charge is 0.261 e. The fourth-order valence-corrected chi connectivity index (χ4v) is 9.35. The van der Waals surface area contributed by atoms with E-state index in [0.717, 1.165) is 57.9 Å². The van der Waals surface area contributed by atoms with Gasteiger partial charge in [-0.1, -0.05) is 19.9 Å². The Hall–Kier alpha value is -5.04. The zero-order valence-corrected chi connectivity index (χ0v) is 34.5. The molecule has 0 bridgehead atoms. The topological polar surface area (TPSA) is 151 Å². The molecule has 2 saturated heterocycles. The van der Waals surface area contributed by atoms with Crippen LogP contribution in [0.4, 0.5) is 20.2 Å². The average Bonchev–Trinajstić information content (AvgIpc) is 3.65. The highest BCUT2D eigenvalue weighted by Crippen LogP contribution is 2.43. The maximum atomic E-state index is 15.4. The number of piperidine rings is 1. The molecule has 59 heavy (non-hydrogen) atoms. The van der Waals surface area contributed by atoms with Crippen molar-refractivity contribution in [3.63, 3.8) is 0 Å². The van der Waals surface area contributed by atoms with Gasteiger partial charge >= 0.3 is 0 Å². The van der Waals surface area contributed by atoms with Crippen molar-refractivity contribution in [1.82, 2.24) is 19.8 Å². The van der Waals surface area contributed by atoms with E-state index in [4.69, 9.17) is 9.47 Å². The van der Waals surface area contributed by atoms with Crippen LogP contribution in [0.2, 0.25) is 0 Å². The molecular formula is C44H51F2N7O5S. The summed E-state index contributed by atoms with van der Waals surface area (Å²) in [5, 5.41) is 16.1. The number of rotatable bonds is 14. The molecule has 1 aliphatic carbocycles. The summed E-state index contributed by atoms with van der Waals surface area (Å²) in [6, 6.07) is 14.3. The number of nitrogens with one attached hydrogen (secondary N) is 3. The van der Waals surface area contributed by atoms with Crippen LogP contribution in [-0.2, 0) is 14.3 Å². The van der Waals surface area contributed by atoms with E-state index >= 15 is 8.78 Å². The van der Waals surface area contributed by atoms with E-state index in [2.05, 4.69) is 31.3 Å². The Morgan fingerprint density at radius 1 is 1.08 bits per heavy atom. The molecule has 3 heterocycles. The largest absolute Gasteiger partial charge is 0.453 e. The van der Waals surface area contributed by atoms with Crippen molar-refractivity contribution in [1.29, 1.82) is 5.26 Å². The van der Waals surface area contributed by atoms with E-state index in [9.17, 15) is 19.6 Å². The number of amides is 1. The molecule has 2 atom stereocenters. The average molecular weight is 828 g/mol. The maximum absolute atomic E-state index is 15.4. The molecule has 4 aromatic rings. The fourth-order valence-electron chi connectivity index (χ4n) is 8.81. The number of likely N-dealkylation sites (tertiary alicyclic amines) is 1. The number of fused-ring (bicyclic) bond motifs is 1. The van der Waals surface area contributed by atoms with Gasteiger partial charge in [0.05, 0.1) is 41.2 Å². The Kier molecular flexibility index (Phi) is 13.2. The fraction of sp³-hybridized carbons (Fsp3) is 0.477. The Morgan fingerprint density at radius 2 is 1.86 bits per heavy atom. The van der Waals surface area contributed by atoms with Crippen LogP contribution in [0.5, 0.6) is 11.5 Å². The van der Waals surface area contributed by atoms with Crippen LogP contribution in [0.1, 0.15) is 94.7 Å². The number of aldehydes is 1. The van der Waals surface area contributed by atoms with Gasteiger partial charge in [-0.3, -0.25) is 14.2 Å². The molecule has 0 radical (unpaired) electrons. The second-order valence-electron chi connectivity index (χ2n) is 16.1. The third-order valence-corrected chi connectivity index (χ3v) is 12.8. The van der Waals surface area contributed by atoms with Gasteiger partial charge in [-0.25, -0.2) is 13.8 Å². The standard InChI is InChI=1S/C44H51F2N7O5S/c1-27(2)59-51-39-15-13-36(45)41(35(39)24-47)58-32-11-14-38-34(22-32)43(56)53(26-49-38)31-23-44(57-25-31)16-18-52(19-17-44)30-9-6-28(7-10-30)33-12-8-29(21-37(33)46)50-40(5-4-20-54)42(55)48-3/h8,11-15,20-22,26-28,30-31,40,50-51H,4-7,9-10,16-19,23,25H2,1-3H3,(H,48,55). The summed E-state index contributed by atoms with van der Waals surface area (Å²) in [5.74, 6) is -1.10. The summed E-state index contributed by atoms with van der Waals surface area (Å²) in [4.78, 5) is 44.2. The molecule has 1 saturated carbocycles. The van der Waals surface area contributed by atoms with E-state index in [1.165, 1.54) is 37.2 Å². The van der Waals surface area contributed by atoms with Gasteiger partial charge < -0.3 is 34.5 Å². The SMILES string of the molecule is CNC(=O)C(CCC=O)Nc1ccc(C2CCC(N3CCC4(CC3)CC(n3cnc5ccc(Oc6c(F)ccc(NSC(C)C)c6C#N)cc5c3=O)CO4)CC2)c(F)c1. The number of halogens is 2. The van der Waals surface area contributed by atoms with Crippen molar-refractivity contribution in [3.8, 4) is 17.6 Å². The highest BCUT2D eigenvalue weighted by molar-refractivity contribution is 8.01. The van der Waals surface area contributed by atoms with Crippen LogP contribution < -0.4 is 25.7 Å². The summed E-state index contributed by atoms with van der Waals surface area (Å²) < 4.78 is 47.6. The summed E-state index contributed by atoms with van der Waals surface area (Å²) in [5.41, 5.74) is 1.59. The molecule has 1 amide bonds. The minimum atomic E-state index is -0.688. The quantitative estimate of drug-likeness (QED) is 0.0843. The molecule has 3 fully saturated rings. The summed E-state index contributed by atoms with van der Waals surface area (Å²) in [6.07, 6.45) is 8.99. The van der Waals surface area contributed by atoms with Gasteiger partial charge in [0.25, 0.3) is 5.56 Å². The Labute approximate surface area is 347 Å². The molecule has 1 spiro atoms. The molecule has 1 aromatic heterocycles. The predicted molar refractivity (Wildman–Crippen MR) is 225 cm³/mol. The number of ether oxygens (including phenoxy) is 2. The van der Waals surface area contributed by atoms with Crippen LogP contribution in [0.25, 0.3) is 10.9 Å². The monoisotopic (exact) mass is 827 g/mol. The number of hydrogen-bond acceptors (Lipinski definition) is 11. The number of aromatic nitrogens is 2. The number of hydrogen-bond donors (Lipinski definition) is 3. The number of anilines is 2. The third-order valence-electron chi connectivity index (χ3n) is 12.0. The molecular weight excluding hydrogens is 777 g/mol. The van der Waals surface area contributed by atoms with E-state index < -0.39 is 11.9 Å². The minimum Gasteiger partial charge on any atom is -0.453 e. The second-order valence-corrected chi connectivity index (χ2v) is 17.5. The molecule has 2 unspecified atom stereocenters. The lowest BCUT2D eigenvalue weighted by atomic mass is 9.79. The van der Waals surface area contributed by atoms with Gasteiger partial charge in [0.15, 0.2) is 11.6 Å². The molecule has 3 N–H and O–H groups in total. The van der Waals surface area contributed by atoms with E-state index in [0.29, 0.717) is 53.3 Å². The van der Waals surface area contributed by atoms with Crippen molar-refractivity contribution in [2.75, 3.05) is 36.8 Å². The summed E-state index contributed by atoms with van der Waals surface area (Å²) in [7, 11) is 1.54. The van der Waals surface area contributed by atoms with Gasteiger partial charge in [0, 0.05) is 43.5 Å². The lowest BCUT2D eigenvalue weighted by Crippen LogP contribution is -2.49. The lowest BCUT2D eigenvalue weighted by molar-refractivity contribution is -0.121. The number of likely N-dealkylation sites (N-methyl/N-ethyl adjacent to an activating group) is 1. The summed E-state index contributed by atoms with van der Waals surface area (Å²) >= 11 is 1.40. The normalized spacial score (nSPS) is 20.9. The number of benzene rings is 3. The van der Waals surface area contributed by atoms with Crippen molar-refractivity contribution >= 4 is 46.4 Å². The molecule has 15 heteroatoms. The third kappa shape index (κ3) is 9.40. The molecule has 3 aromatic carbocycles. The van der Waals surface area contributed by atoms with Crippen LogP contribution >= 0.6 is 11.9 Å². The Bertz CT molecular complexity index is 2270. The van der Waals surface area contributed by atoms with E-state index in [1.807, 2.05) is 26.0 Å². The highest BCUT2D eigenvalue weighted by Gasteiger charge is 2.45. The number of nitriles is 1. The number of carbonyl (C=O) groups excluding carboxylic acids is 2. The maximum Gasteiger partial charge on any atom is 0.261 e. The Morgan fingerprint density at radius 3 is 2.56 bits per heavy atom. The van der Waals surface area contributed by atoms with Gasteiger partial charge in [0.1, 0.15) is 35.5 Å². The molecule has 3 aliphatic rings. The van der Waals surface area contributed by atoms with Gasteiger partial charge in [-0.15, -0.1) is 0 Å². The zero-order chi connectivity index (χ0) is 41.7. The molecule has 12 nitrogen and oxygen atoms in total. The van der Waals surface area contributed by atoms with Crippen LogP contribution in [0.3, 0.4) is 0 Å². The van der Waals surface area contributed by atoms with Crippen molar-refractivity contribution < 1.29 is 27.8 Å². The molecule has 7 rings (SSSR count). The number of carbonyl (C=O) groups is 2. The van der Waals surface area contributed by atoms with Gasteiger partial charge in [0.2, 0.25) is 5.91 Å². The van der Waals surface area contributed by atoms with Gasteiger partial charge in [-0.05, 0) is 117 Å². The van der Waals surface area contributed by atoms with Crippen LogP contribution in [0, 0.1) is 23.0 Å². The van der Waals surface area contributed by atoms with Crippen molar-refractivity contribution in [2.24, 2.45) is 0 Å². The van der Waals surface area contributed by atoms with Crippen LogP contribution in [0.15, 0.2) is 59.7 Å². The van der Waals surface area contributed by atoms with E-state index in [1.54, 1.807) is 29.1 Å². The van der Waals surface area contributed by atoms with Crippen molar-refractivity contribution in [3.05, 3.63) is 88.0 Å². The number of nitrogens with zero attached hydrogens (tertiary/aromatic N) is 4. The zero-order valence-electron chi connectivity index (χ0n) is 33.6. The molecule has 312 valence electrons. The first kappa shape index (κ1) is 42.1. The highest BCUT2D eigenvalue weighted by atomic mass is 32.2.